The van der Waals surface area contributed by atoms with Gasteiger partial charge in [-0.2, -0.15) is 0 Å². The fourth-order valence-corrected chi connectivity index (χ4v) is 6.88. The molecule has 1 unspecified atom stereocenters. The van der Waals surface area contributed by atoms with E-state index in [2.05, 4.69) is 81.5 Å². The van der Waals surface area contributed by atoms with Crippen molar-refractivity contribution in [1.82, 2.24) is 0 Å². The lowest BCUT2D eigenvalue weighted by Gasteiger charge is -2.18. The molecule has 0 aromatic carbocycles. The van der Waals surface area contributed by atoms with Crippen LogP contribution in [0.25, 0.3) is 0 Å². The van der Waals surface area contributed by atoms with Gasteiger partial charge in [-0.15, -0.1) is 0 Å². The van der Waals surface area contributed by atoms with Gasteiger partial charge in [0.1, 0.15) is 13.2 Å². The highest BCUT2D eigenvalue weighted by molar-refractivity contribution is 5.71. The molecule has 0 radical (unpaired) electrons. The van der Waals surface area contributed by atoms with E-state index in [4.69, 9.17) is 14.2 Å². The predicted octanol–water partition coefficient (Wildman–Crippen LogP) is 16.8. The largest absolute Gasteiger partial charge is 0.462 e. The van der Waals surface area contributed by atoms with E-state index in [0.29, 0.717) is 19.3 Å². The molecule has 0 aromatic heterocycles. The van der Waals surface area contributed by atoms with Gasteiger partial charge < -0.3 is 14.2 Å². The van der Waals surface area contributed by atoms with Gasteiger partial charge in [0.15, 0.2) is 6.10 Å². The van der Waals surface area contributed by atoms with Crippen molar-refractivity contribution in [3.05, 3.63) is 85.1 Å². The first-order valence-corrected chi connectivity index (χ1v) is 25.6. The maximum absolute atomic E-state index is 12.8. The fraction of sp³-hybridized carbons (Fsp3) is 0.696. The highest BCUT2D eigenvalue weighted by atomic mass is 16.6. The Hall–Kier alpha value is -3.41. The van der Waals surface area contributed by atoms with Gasteiger partial charge in [-0.25, -0.2) is 0 Å². The number of unbranched alkanes of at least 4 members (excludes halogenated alkanes) is 23. The van der Waals surface area contributed by atoms with Crippen LogP contribution < -0.4 is 0 Å². The molecular formula is C56H94O6. The Balaban J connectivity index is 4.50. The number of ether oxygens (including phenoxy) is 3. The van der Waals surface area contributed by atoms with Crippen LogP contribution in [0.3, 0.4) is 0 Å². The van der Waals surface area contributed by atoms with Crippen molar-refractivity contribution in [1.29, 1.82) is 0 Å². The molecule has 1 atom stereocenters. The van der Waals surface area contributed by atoms with Crippen LogP contribution in [-0.4, -0.2) is 37.2 Å². The summed E-state index contributed by atoms with van der Waals surface area (Å²) in [4.78, 5) is 37.9. The third kappa shape index (κ3) is 47.6. The van der Waals surface area contributed by atoms with E-state index in [0.717, 1.165) is 83.5 Å². The first-order valence-electron chi connectivity index (χ1n) is 25.6. The number of esters is 3. The molecular weight excluding hydrogens is 769 g/mol. The standard InChI is InChI=1S/C56H94O6/c1-4-7-10-13-16-19-22-25-27-28-30-31-34-37-40-43-46-49-55(58)61-52-53(51-60-54(57)48-45-42-39-36-33-24-21-18-15-12-9-6-3)62-56(59)50-47-44-41-38-35-32-29-26-23-20-17-14-11-8-5-2/h8,11,14,17,20,23,25-27,29-31,37,40,53H,4-7,9-10,12-13,15-16,18-19,21-22,24,28,32-36,38-39,41-52H2,1-3H3/b11-8-,17-14-,23-20-,27-25-,29-26-,31-30-,40-37-. The Morgan fingerprint density at radius 2 is 0.710 bits per heavy atom. The van der Waals surface area contributed by atoms with E-state index < -0.39 is 6.10 Å². The summed E-state index contributed by atoms with van der Waals surface area (Å²) in [5.74, 6) is -0.980. The first kappa shape index (κ1) is 58.6. The van der Waals surface area contributed by atoms with E-state index in [1.54, 1.807) is 0 Å². The minimum atomic E-state index is -0.807. The van der Waals surface area contributed by atoms with Crippen LogP contribution in [0.4, 0.5) is 0 Å². The lowest BCUT2D eigenvalue weighted by Crippen LogP contribution is -2.30. The van der Waals surface area contributed by atoms with E-state index in [1.165, 1.54) is 103 Å². The smallest absolute Gasteiger partial charge is 0.306 e. The van der Waals surface area contributed by atoms with Crippen LogP contribution in [0.2, 0.25) is 0 Å². The molecule has 0 aliphatic heterocycles. The van der Waals surface area contributed by atoms with Crippen molar-refractivity contribution < 1.29 is 28.6 Å². The van der Waals surface area contributed by atoms with Crippen molar-refractivity contribution >= 4 is 17.9 Å². The quantitative estimate of drug-likeness (QED) is 0.0199. The molecule has 62 heavy (non-hydrogen) atoms. The van der Waals surface area contributed by atoms with Gasteiger partial charge in [-0.3, -0.25) is 14.4 Å². The summed E-state index contributed by atoms with van der Waals surface area (Å²) in [7, 11) is 0. The number of hydrogen-bond donors (Lipinski definition) is 0. The van der Waals surface area contributed by atoms with Crippen molar-refractivity contribution in [2.45, 2.75) is 239 Å². The highest BCUT2D eigenvalue weighted by Crippen LogP contribution is 2.14. The van der Waals surface area contributed by atoms with Gasteiger partial charge in [0.05, 0.1) is 0 Å². The molecule has 6 nitrogen and oxygen atoms in total. The van der Waals surface area contributed by atoms with Crippen LogP contribution in [0.15, 0.2) is 85.1 Å². The molecule has 0 aromatic rings. The molecule has 0 rings (SSSR count). The first-order chi connectivity index (χ1) is 30.5. The molecule has 0 heterocycles. The van der Waals surface area contributed by atoms with Crippen LogP contribution in [0, 0.1) is 0 Å². The van der Waals surface area contributed by atoms with Gasteiger partial charge in [-0.1, -0.05) is 228 Å². The summed E-state index contributed by atoms with van der Waals surface area (Å²) in [5, 5.41) is 0. The average Bonchev–Trinajstić information content (AvgIpc) is 3.27. The minimum Gasteiger partial charge on any atom is -0.462 e. The monoisotopic (exact) mass is 863 g/mol. The van der Waals surface area contributed by atoms with Crippen molar-refractivity contribution in [3.8, 4) is 0 Å². The molecule has 0 N–H and O–H groups in total. The molecule has 0 spiro atoms. The zero-order valence-electron chi connectivity index (χ0n) is 40.4. The van der Waals surface area contributed by atoms with E-state index in [1.807, 2.05) is 24.3 Å². The second-order valence-corrected chi connectivity index (χ2v) is 16.8. The maximum Gasteiger partial charge on any atom is 0.306 e. The second-order valence-electron chi connectivity index (χ2n) is 16.8. The summed E-state index contributed by atoms with van der Waals surface area (Å²) < 4.78 is 16.7. The minimum absolute atomic E-state index is 0.101. The van der Waals surface area contributed by atoms with Crippen molar-refractivity contribution in [2.75, 3.05) is 13.2 Å². The number of allylic oxidation sites excluding steroid dienone is 14. The van der Waals surface area contributed by atoms with Crippen LogP contribution in [0.5, 0.6) is 0 Å². The van der Waals surface area contributed by atoms with E-state index in [9.17, 15) is 14.4 Å². The Kier molecular flexibility index (Phi) is 47.5. The van der Waals surface area contributed by atoms with Crippen molar-refractivity contribution in [3.63, 3.8) is 0 Å². The summed E-state index contributed by atoms with van der Waals surface area (Å²) in [6, 6.07) is 0. The lowest BCUT2D eigenvalue weighted by atomic mass is 10.0. The van der Waals surface area contributed by atoms with Gasteiger partial charge in [0.2, 0.25) is 0 Å². The van der Waals surface area contributed by atoms with E-state index >= 15 is 0 Å². The normalized spacial score (nSPS) is 12.8. The highest BCUT2D eigenvalue weighted by Gasteiger charge is 2.19. The number of hydrogen-bond acceptors (Lipinski definition) is 6. The Labute approximate surface area is 382 Å². The van der Waals surface area contributed by atoms with Crippen LogP contribution >= 0.6 is 0 Å². The zero-order valence-corrected chi connectivity index (χ0v) is 40.4. The SMILES string of the molecule is CC\C=C/C=C\C=C/C=C\CCCCCCCC(=O)OC(COC(=O)CCC/C=C\C/C=C\C/C=C\CCCCCCCC)COC(=O)CCCCCCCCCCCCCC. The third-order valence-corrected chi connectivity index (χ3v) is 10.7. The zero-order chi connectivity index (χ0) is 45.1. The number of rotatable bonds is 45. The Morgan fingerprint density at radius 3 is 1.19 bits per heavy atom. The summed E-state index contributed by atoms with van der Waals surface area (Å²) in [6.45, 7) is 6.42. The molecule has 0 bridgehead atoms. The topological polar surface area (TPSA) is 78.9 Å². The third-order valence-electron chi connectivity index (χ3n) is 10.7. The Morgan fingerprint density at radius 1 is 0.355 bits per heavy atom. The van der Waals surface area contributed by atoms with E-state index in [-0.39, 0.29) is 37.5 Å². The molecule has 0 saturated heterocycles. The average molecular weight is 863 g/mol. The summed E-state index contributed by atoms with van der Waals surface area (Å²) in [5.41, 5.74) is 0. The van der Waals surface area contributed by atoms with Crippen LogP contribution in [-0.2, 0) is 28.6 Å². The lowest BCUT2D eigenvalue weighted by molar-refractivity contribution is -0.167. The molecule has 354 valence electrons. The fourth-order valence-electron chi connectivity index (χ4n) is 6.88. The number of carbonyl (C=O) groups excluding carboxylic acids is 3. The van der Waals surface area contributed by atoms with Gasteiger partial charge >= 0.3 is 17.9 Å². The van der Waals surface area contributed by atoms with Gasteiger partial charge in [0, 0.05) is 19.3 Å². The molecule has 0 aliphatic carbocycles. The molecule has 0 aliphatic rings. The van der Waals surface area contributed by atoms with Gasteiger partial charge in [0.25, 0.3) is 0 Å². The molecule has 6 heteroatoms. The second kappa shape index (κ2) is 50.2. The summed E-state index contributed by atoms with van der Waals surface area (Å²) in [6.07, 6.45) is 64.2. The van der Waals surface area contributed by atoms with Gasteiger partial charge in [-0.05, 0) is 70.6 Å². The molecule has 0 saturated carbocycles. The maximum atomic E-state index is 12.8. The summed E-state index contributed by atoms with van der Waals surface area (Å²) >= 11 is 0. The molecule has 0 fully saturated rings. The van der Waals surface area contributed by atoms with Crippen LogP contribution in [0.1, 0.15) is 233 Å². The van der Waals surface area contributed by atoms with Crippen molar-refractivity contribution in [2.24, 2.45) is 0 Å². The predicted molar refractivity (Wildman–Crippen MR) is 265 cm³/mol. The Bertz CT molecular complexity index is 1220. The number of carbonyl (C=O) groups is 3. The molecule has 0 amide bonds.